The van der Waals surface area contributed by atoms with Gasteiger partial charge in [-0.3, -0.25) is 4.79 Å². The minimum absolute atomic E-state index is 0.0867. The van der Waals surface area contributed by atoms with Crippen LogP contribution in [0.25, 0.3) is 0 Å². The van der Waals surface area contributed by atoms with Gasteiger partial charge in [0, 0.05) is 23.2 Å². The Morgan fingerprint density at radius 1 is 1.40 bits per heavy atom. The molecule has 1 rings (SSSR count). The first-order chi connectivity index (χ1) is 9.36. The maximum Gasteiger partial charge on any atom is 0.251 e. The summed E-state index contributed by atoms with van der Waals surface area (Å²) < 4.78 is 0. The molecule has 1 aromatic rings. The number of hydrogen-bond donors (Lipinski definition) is 2. The minimum atomic E-state index is -0.0906. The number of amides is 1. The molecule has 0 aromatic heterocycles. The Kier molecular flexibility index (Phi) is 5.75. The third-order valence-electron chi connectivity index (χ3n) is 3.35. The summed E-state index contributed by atoms with van der Waals surface area (Å²) in [6.45, 7) is 5.05. The summed E-state index contributed by atoms with van der Waals surface area (Å²) >= 11 is 0. The molecule has 0 aliphatic heterocycles. The van der Waals surface area contributed by atoms with Gasteiger partial charge >= 0.3 is 0 Å². The van der Waals surface area contributed by atoms with Crippen molar-refractivity contribution < 1.29 is 4.79 Å². The highest BCUT2D eigenvalue weighted by Crippen LogP contribution is 2.09. The van der Waals surface area contributed by atoms with E-state index in [0.717, 1.165) is 5.56 Å². The molecule has 0 radical (unpaired) electrons. The number of likely N-dealkylation sites (N-methyl/N-ethyl adjacent to an activating group) is 1. The summed E-state index contributed by atoms with van der Waals surface area (Å²) in [6.07, 6.45) is 0. The first-order valence-corrected chi connectivity index (χ1v) is 6.61. The molecule has 4 heteroatoms. The highest BCUT2D eigenvalue weighted by atomic mass is 16.1. The molecule has 0 aliphatic rings. The Morgan fingerprint density at radius 2 is 2.10 bits per heavy atom. The van der Waals surface area contributed by atoms with Crippen LogP contribution >= 0.6 is 0 Å². The summed E-state index contributed by atoms with van der Waals surface area (Å²) in [6, 6.07) is 7.25. The number of benzene rings is 1. The van der Waals surface area contributed by atoms with Crippen LogP contribution in [0.5, 0.6) is 0 Å². The van der Waals surface area contributed by atoms with E-state index in [0.29, 0.717) is 18.7 Å². The minimum Gasteiger partial charge on any atom is -0.350 e. The average molecular weight is 273 g/mol. The van der Waals surface area contributed by atoms with Crippen LogP contribution in [0.1, 0.15) is 29.8 Å². The van der Waals surface area contributed by atoms with E-state index in [1.54, 1.807) is 12.1 Å². The number of hydrogen-bond acceptors (Lipinski definition) is 3. The van der Waals surface area contributed by atoms with Gasteiger partial charge < -0.3 is 16.0 Å². The van der Waals surface area contributed by atoms with Gasteiger partial charge in [-0.1, -0.05) is 17.9 Å². The Balaban J connectivity index is 2.73. The Morgan fingerprint density at radius 3 is 2.70 bits per heavy atom. The van der Waals surface area contributed by atoms with Crippen LogP contribution in [0.4, 0.5) is 0 Å². The second-order valence-electron chi connectivity index (χ2n) is 5.48. The van der Waals surface area contributed by atoms with Crippen molar-refractivity contribution in [1.29, 1.82) is 0 Å². The lowest BCUT2D eigenvalue weighted by Gasteiger charge is -2.32. The molecule has 4 nitrogen and oxygen atoms in total. The Bertz CT molecular complexity index is 524. The SMILES string of the molecule is CN(C)C(C)(C)CNC(=O)c1cccc(C#CCN)c1. The standard InChI is InChI=1S/C16H23N3O/c1-16(2,19(3)4)12-18-15(20)14-9-5-7-13(11-14)8-6-10-17/h5,7,9,11H,10,12,17H2,1-4H3,(H,18,20). The molecule has 0 unspecified atom stereocenters. The second-order valence-corrected chi connectivity index (χ2v) is 5.48. The predicted octanol–water partition coefficient (Wildman–Crippen LogP) is 1.07. The number of carbonyl (C=O) groups excluding carboxylic acids is 1. The molecule has 0 spiro atoms. The average Bonchev–Trinajstić information content (AvgIpc) is 2.42. The van der Waals surface area contributed by atoms with Crippen molar-refractivity contribution in [1.82, 2.24) is 10.2 Å². The van der Waals surface area contributed by atoms with Crippen molar-refractivity contribution >= 4 is 5.91 Å². The normalized spacial score (nSPS) is 10.9. The van der Waals surface area contributed by atoms with Crippen molar-refractivity contribution in [3.8, 4) is 11.8 Å². The quantitative estimate of drug-likeness (QED) is 0.807. The van der Waals surface area contributed by atoms with E-state index in [1.807, 2.05) is 26.2 Å². The lowest BCUT2D eigenvalue weighted by Crippen LogP contribution is -2.48. The van der Waals surface area contributed by atoms with Gasteiger partial charge in [0.25, 0.3) is 5.91 Å². The molecule has 0 fully saturated rings. The van der Waals surface area contributed by atoms with Gasteiger partial charge in [0.05, 0.1) is 6.54 Å². The highest BCUT2D eigenvalue weighted by molar-refractivity contribution is 5.94. The molecule has 0 saturated carbocycles. The molecular weight excluding hydrogens is 250 g/mol. The van der Waals surface area contributed by atoms with Gasteiger partial charge in [-0.25, -0.2) is 0 Å². The molecule has 1 aromatic carbocycles. The fraction of sp³-hybridized carbons (Fsp3) is 0.438. The summed E-state index contributed by atoms with van der Waals surface area (Å²) in [7, 11) is 3.99. The van der Waals surface area contributed by atoms with Crippen LogP contribution in [-0.4, -0.2) is 43.5 Å². The summed E-state index contributed by atoms with van der Waals surface area (Å²) in [5.74, 6) is 5.62. The third-order valence-corrected chi connectivity index (χ3v) is 3.35. The predicted molar refractivity (Wildman–Crippen MR) is 82.5 cm³/mol. The third kappa shape index (κ3) is 4.69. The zero-order valence-corrected chi connectivity index (χ0v) is 12.7. The molecule has 0 aliphatic carbocycles. The fourth-order valence-electron chi connectivity index (χ4n) is 1.45. The van der Waals surface area contributed by atoms with Crippen molar-refractivity contribution in [2.75, 3.05) is 27.2 Å². The molecule has 108 valence electrons. The molecule has 0 atom stereocenters. The van der Waals surface area contributed by atoms with E-state index in [1.165, 1.54) is 0 Å². The second kappa shape index (κ2) is 7.09. The van der Waals surface area contributed by atoms with E-state index >= 15 is 0 Å². The van der Waals surface area contributed by atoms with Gasteiger partial charge in [-0.05, 0) is 46.1 Å². The van der Waals surface area contributed by atoms with Crippen molar-refractivity contribution in [3.63, 3.8) is 0 Å². The van der Waals surface area contributed by atoms with E-state index < -0.39 is 0 Å². The largest absolute Gasteiger partial charge is 0.350 e. The number of nitrogens with one attached hydrogen (secondary N) is 1. The number of nitrogens with two attached hydrogens (primary N) is 1. The van der Waals surface area contributed by atoms with E-state index in [9.17, 15) is 4.79 Å². The first-order valence-electron chi connectivity index (χ1n) is 6.61. The monoisotopic (exact) mass is 273 g/mol. The first kappa shape index (κ1) is 16.2. The lowest BCUT2D eigenvalue weighted by atomic mass is 10.0. The summed E-state index contributed by atoms with van der Waals surface area (Å²) in [5.41, 5.74) is 6.67. The van der Waals surface area contributed by atoms with Gasteiger partial charge in [0.2, 0.25) is 0 Å². The molecular formula is C16H23N3O. The maximum atomic E-state index is 12.1. The topological polar surface area (TPSA) is 58.4 Å². The summed E-state index contributed by atoms with van der Waals surface area (Å²) in [4.78, 5) is 14.2. The molecule has 0 bridgehead atoms. The number of carbonyl (C=O) groups is 1. The Labute approximate surface area is 121 Å². The maximum absolute atomic E-state index is 12.1. The molecule has 3 N–H and O–H groups in total. The van der Waals surface area contributed by atoms with E-state index in [4.69, 9.17) is 5.73 Å². The molecule has 20 heavy (non-hydrogen) atoms. The van der Waals surface area contributed by atoms with Crippen LogP contribution in [0.15, 0.2) is 24.3 Å². The Hall–Kier alpha value is -1.83. The zero-order valence-electron chi connectivity index (χ0n) is 12.7. The van der Waals surface area contributed by atoms with Gasteiger partial charge in [-0.15, -0.1) is 0 Å². The van der Waals surface area contributed by atoms with Gasteiger partial charge in [0.15, 0.2) is 0 Å². The number of nitrogens with zero attached hydrogens (tertiary/aromatic N) is 1. The molecule has 1 amide bonds. The van der Waals surface area contributed by atoms with Crippen LogP contribution < -0.4 is 11.1 Å². The lowest BCUT2D eigenvalue weighted by molar-refractivity contribution is 0.0919. The molecule has 0 saturated heterocycles. The van der Waals surface area contributed by atoms with Gasteiger partial charge in [-0.2, -0.15) is 0 Å². The van der Waals surface area contributed by atoms with Crippen molar-refractivity contribution in [2.45, 2.75) is 19.4 Å². The van der Waals surface area contributed by atoms with Crippen molar-refractivity contribution in [2.24, 2.45) is 5.73 Å². The van der Waals surface area contributed by atoms with Crippen LogP contribution in [0.2, 0.25) is 0 Å². The highest BCUT2D eigenvalue weighted by Gasteiger charge is 2.21. The zero-order chi connectivity index (χ0) is 15.2. The number of rotatable bonds is 4. The smallest absolute Gasteiger partial charge is 0.251 e. The molecule has 0 heterocycles. The van der Waals surface area contributed by atoms with Gasteiger partial charge in [0.1, 0.15) is 0 Å². The van der Waals surface area contributed by atoms with E-state index in [2.05, 4.69) is 35.9 Å². The van der Waals surface area contributed by atoms with E-state index in [-0.39, 0.29) is 11.4 Å². The van der Waals surface area contributed by atoms with Crippen LogP contribution in [-0.2, 0) is 0 Å². The summed E-state index contributed by atoms with van der Waals surface area (Å²) in [5, 5.41) is 2.95. The van der Waals surface area contributed by atoms with Crippen LogP contribution in [0, 0.1) is 11.8 Å². The van der Waals surface area contributed by atoms with Crippen molar-refractivity contribution in [3.05, 3.63) is 35.4 Å². The fourth-order valence-corrected chi connectivity index (χ4v) is 1.45. The van der Waals surface area contributed by atoms with Crippen LogP contribution in [0.3, 0.4) is 0 Å².